The third-order valence-electron chi connectivity index (χ3n) is 4.56. The van der Waals surface area contributed by atoms with Crippen LogP contribution in [0.25, 0.3) is 12.2 Å². The maximum Gasteiger partial charge on any atom is 0.315 e. The summed E-state index contributed by atoms with van der Waals surface area (Å²) in [7, 11) is 0. The van der Waals surface area contributed by atoms with Crippen molar-refractivity contribution in [1.29, 1.82) is 0 Å². The Morgan fingerprint density at radius 1 is 1.22 bits per heavy atom. The third-order valence-corrected chi connectivity index (χ3v) is 5.53. The molecular weight excluding hydrogens is 360 g/mol. The number of hydrogen-bond acceptors (Lipinski definition) is 5. The van der Waals surface area contributed by atoms with E-state index in [-0.39, 0.29) is 11.4 Å². The van der Waals surface area contributed by atoms with Gasteiger partial charge in [-0.2, -0.15) is 0 Å². The first-order valence-electron chi connectivity index (χ1n) is 9.53. The molecule has 2 heterocycles. The molecule has 2 aromatic heterocycles. The number of carbonyl (C=O) groups is 1. The Morgan fingerprint density at radius 2 is 2.00 bits per heavy atom. The van der Waals surface area contributed by atoms with Crippen LogP contribution in [0.4, 0.5) is 4.79 Å². The van der Waals surface area contributed by atoms with Gasteiger partial charge in [0.15, 0.2) is 0 Å². The van der Waals surface area contributed by atoms with Crippen molar-refractivity contribution >= 4 is 29.5 Å². The molecule has 1 saturated carbocycles. The van der Waals surface area contributed by atoms with Crippen LogP contribution in [0.5, 0.6) is 0 Å². The zero-order valence-corrected chi connectivity index (χ0v) is 17.1. The lowest BCUT2D eigenvalue weighted by atomic mass is 9.94. The van der Waals surface area contributed by atoms with E-state index in [0.717, 1.165) is 28.5 Å². The van der Waals surface area contributed by atoms with Crippen molar-refractivity contribution in [3.63, 3.8) is 0 Å². The van der Waals surface area contributed by atoms with Crippen molar-refractivity contribution in [3.8, 4) is 0 Å². The third kappa shape index (κ3) is 5.92. The fourth-order valence-electron chi connectivity index (χ4n) is 2.99. The van der Waals surface area contributed by atoms with Crippen LogP contribution < -0.4 is 10.6 Å². The van der Waals surface area contributed by atoms with E-state index in [1.165, 1.54) is 19.3 Å². The minimum absolute atomic E-state index is 0.0549. The molecule has 0 saturated heterocycles. The van der Waals surface area contributed by atoms with Crippen molar-refractivity contribution in [2.75, 3.05) is 0 Å². The van der Waals surface area contributed by atoms with E-state index < -0.39 is 0 Å². The second kappa shape index (κ2) is 8.69. The minimum atomic E-state index is -0.108. The number of nitrogens with one attached hydrogen (secondary N) is 2. The van der Waals surface area contributed by atoms with Gasteiger partial charge in [0.2, 0.25) is 5.89 Å². The molecule has 0 bridgehead atoms. The van der Waals surface area contributed by atoms with Crippen LogP contribution in [-0.2, 0) is 12.0 Å². The minimum Gasteiger partial charge on any atom is -0.441 e. The van der Waals surface area contributed by atoms with Gasteiger partial charge < -0.3 is 15.1 Å². The molecule has 0 aromatic carbocycles. The van der Waals surface area contributed by atoms with Crippen LogP contribution >= 0.6 is 11.3 Å². The number of nitrogens with zero attached hydrogens (tertiary/aromatic N) is 2. The maximum atomic E-state index is 12.0. The highest BCUT2D eigenvalue weighted by Crippen LogP contribution is 2.24. The van der Waals surface area contributed by atoms with E-state index in [4.69, 9.17) is 4.42 Å². The normalized spacial score (nSPS) is 16.0. The van der Waals surface area contributed by atoms with Crippen molar-refractivity contribution in [3.05, 3.63) is 33.9 Å². The van der Waals surface area contributed by atoms with Gasteiger partial charge in [-0.1, -0.05) is 40.0 Å². The lowest BCUT2D eigenvalue weighted by Gasteiger charge is -2.22. The molecule has 0 radical (unpaired) electrons. The van der Waals surface area contributed by atoms with Gasteiger partial charge in [0.25, 0.3) is 0 Å². The lowest BCUT2D eigenvalue weighted by molar-refractivity contribution is 0.232. The highest BCUT2D eigenvalue weighted by Gasteiger charge is 2.18. The summed E-state index contributed by atoms with van der Waals surface area (Å²) in [4.78, 5) is 21.7. The van der Waals surface area contributed by atoms with Crippen LogP contribution in [0.15, 0.2) is 16.8 Å². The van der Waals surface area contributed by atoms with Crippen molar-refractivity contribution in [1.82, 2.24) is 20.6 Å². The van der Waals surface area contributed by atoms with Crippen LogP contribution in [0.3, 0.4) is 0 Å². The Morgan fingerprint density at radius 3 is 2.70 bits per heavy atom. The van der Waals surface area contributed by atoms with Gasteiger partial charge in [-0.15, -0.1) is 11.3 Å². The number of aromatic nitrogens is 2. The fourth-order valence-corrected chi connectivity index (χ4v) is 3.75. The highest BCUT2D eigenvalue weighted by molar-refractivity contribution is 7.12. The van der Waals surface area contributed by atoms with Gasteiger partial charge in [0.05, 0.1) is 12.7 Å². The zero-order valence-electron chi connectivity index (χ0n) is 16.2. The zero-order chi connectivity index (χ0) is 19.3. The van der Waals surface area contributed by atoms with Crippen molar-refractivity contribution < 1.29 is 9.21 Å². The molecule has 1 aliphatic carbocycles. The first-order valence-corrected chi connectivity index (χ1v) is 10.4. The number of hydrogen-bond donors (Lipinski definition) is 2. The van der Waals surface area contributed by atoms with Gasteiger partial charge in [-0.05, 0) is 18.9 Å². The Hall–Kier alpha value is -2.15. The average molecular weight is 389 g/mol. The topological polar surface area (TPSA) is 80.0 Å². The van der Waals surface area contributed by atoms with Crippen LogP contribution in [-0.4, -0.2) is 22.0 Å². The summed E-state index contributed by atoms with van der Waals surface area (Å²) in [6, 6.07) is 0.205. The summed E-state index contributed by atoms with van der Waals surface area (Å²) in [5.41, 5.74) is -0.0549. The predicted octanol–water partition coefficient (Wildman–Crippen LogP) is 4.73. The van der Waals surface area contributed by atoms with Crippen LogP contribution in [0, 0.1) is 0 Å². The molecule has 0 aliphatic heterocycles. The molecule has 6 nitrogen and oxygen atoms in total. The number of amides is 2. The van der Waals surface area contributed by atoms with Gasteiger partial charge in [0, 0.05) is 28.6 Å². The Labute approximate surface area is 164 Å². The van der Waals surface area contributed by atoms with E-state index in [0.29, 0.717) is 18.5 Å². The largest absolute Gasteiger partial charge is 0.441 e. The molecule has 3 rings (SSSR count). The quantitative estimate of drug-likeness (QED) is 0.776. The molecule has 0 unspecified atom stereocenters. The molecule has 27 heavy (non-hydrogen) atoms. The first-order chi connectivity index (χ1) is 12.9. The van der Waals surface area contributed by atoms with Crippen LogP contribution in [0.2, 0.25) is 0 Å². The Kier molecular flexibility index (Phi) is 6.31. The number of oxazole rings is 1. The van der Waals surface area contributed by atoms with Crippen LogP contribution in [0.1, 0.15) is 74.4 Å². The number of thiazole rings is 1. The van der Waals surface area contributed by atoms with Gasteiger partial charge in [-0.3, -0.25) is 0 Å². The van der Waals surface area contributed by atoms with E-state index in [1.54, 1.807) is 23.7 Å². The van der Waals surface area contributed by atoms with E-state index in [2.05, 4.69) is 41.4 Å². The molecule has 2 amide bonds. The summed E-state index contributed by atoms with van der Waals surface area (Å²) >= 11 is 1.54. The first kappa shape index (κ1) is 19.6. The maximum absolute atomic E-state index is 12.0. The summed E-state index contributed by atoms with van der Waals surface area (Å²) in [5.74, 6) is 1.44. The fraction of sp³-hybridized carbons (Fsp3) is 0.550. The summed E-state index contributed by atoms with van der Waals surface area (Å²) in [5, 5.41) is 6.82. The van der Waals surface area contributed by atoms with E-state index in [1.807, 2.05) is 12.2 Å². The smallest absolute Gasteiger partial charge is 0.315 e. The molecular formula is C20H28N4O2S. The molecule has 1 fully saturated rings. The number of rotatable bonds is 5. The summed E-state index contributed by atoms with van der Waals surface area (Å²) < 4.78 is 5.75. The summed E-state index contributed by atoms with van der Waals surface area (Å²) in [6.07, 6.45) is 13.2. The van der Waals surface area contributed by atoms with Crippen molar-refractivity contribution in [2.45, 2.75) is 70.9 Å². The Balaban J connectivity index is 1.48. The molecule has 2 aromatic rings. The second-order valence-corrected chi connectivity index (χ2v) is 9.11. The van der Waals surface area contributed by atoms with Gasteiger partial charge >= 0.3 is 6.03 Å². The number of urea groups is 1. The van der Waals surface area contributed by atoms with Gasteiger partial charge in [-0.25, -0.2) is 14.8 Å². The molecule has 146 valence electrons. The number of carbonyl (C=O) groups excluding carboxylic acids is 1. The highest BCUT2D eigenvalue weighted by atomic mass is 32.1. The Bertz CT molecular complexity index is 782. The standard InChI is InChI=1S/C20H28N4O2S/c1-20(2,3)16-12-21-17(26-16)10-9-15-11-22-18(27-15)13-23-19(25)24-14-7-5-4-6-8-14/h9-12,14H,4-8,13H2,1-3H3,(H2,23,24,25). The predicted molar refractivity (Wildman–Crippen MR) is 108 cm³/mol. The average Bonchev–Trinajstić information content (AvgIpc) is 3.28. The molecule has 2 N–H and O–H groups in total. The van der Waals surface area contributed by atoms with Gasteiger partial charge in [0.1, 0.15) is 10.8 Å². The van der Waals surface area contributed by atoms with E-state index in [9.17, 15) is 4.79 Å². The van der Waals surface area contributed by atoms with E-state index >= 15 is 0 Å². The second-order valence-electron chi connectivity index (χ2n) is 7.96. The lowest BCUT2D eigenvalue weighted by Crippen LogP contribution is -2.42. The molecule has 0 atom stereocenters. The molecule has 0 spiro atoms. The summed E-state index contributed by atoms with van der Waals surface area (Å²) in [6.45, 7) is 6.71. The SMILES string of the molecule is CC(C)(C)c1cnc(C=Cc2cnc(CNC(=O)NC3CCCCC3)s2)o1. The molecule has 7 heteroatoms. The van der Waals surface area contributed by atoms with Crippen molar-refractivity contribution in [2.24, 2.45) is 0 Å². The molecule has 1 aliphatic rings. The monoisotopic (exact) mass is 388 g/mol.